The summed E-state index contributed by atoms with van der Waals surface area (Å²) >= 11 is 0. The van der Waals surface area contributed by atoms with Crippen LogP contribution in [0.4, 0.5) is 5.69 Å². The van der Waals surface area contributed by atoms with E-state index in [1.807, 2.05) is 32.0 Å². The van der Waals surface area contributed by atoms with E-state index in [9.17, 15) is 4.79 Å². The third-order valence-corrected chi connectivity index (χ3v) is 2.97. The Hall–Kier alpha value is -2.04. The van der Waals surface area contributed by atoms with Crippen LogP contribution >= 0.6 is 0 Å². The number of guanidine groups is 1. The average Bonchev–Trinajstić information content (AvgIpc) is 2.40. The van der Waals surface area contributed by atoms with Gasteiger partial charge in [-0.25, -0.2) is 0 Å². The molecule has 0 fully saturated rings. The van der Waals surface area contributed by atoms with Gasteiger partial charge in [0.1, 0.15) is 0 Å². The highest BCUT2D eigenvalue weighted by atomic mass is 16.1. The van der Waals surface area contributed by atoms with Crippen LogP contribution in [0.2, 0.25) is 0 Å². The maximum absolute atomic E-state index is 11.4. The van der Waals surface area contributed by atoms with Gasteiger partial charge in [0.25, 0.3) is 0 Å². The summed E-state index contributed by atoms with van der Waals surface area (Å²) in [6.07, 6.45) is 1.29. The van der Waals surface area contributed by atoms with E-state index in [2.05, 4.69) is 22.5 Å². The number of aliphatic imine (C=N–C) groups is 1. The van der Waals surface area contributed by atoms with Crippen LogP contribution in [0.1, 0.15) is 30.9 Å². The number of nitrogens with one attached hydrogen (secondary N) is 2. The number of rotatable bonds is 6. The van der Waals surface area contributed by atoms with Crippen molar-refractivity contribution in [3.63, 3.8) is 0 Å². The monoisotopic (exact) mass is 276 g/mol. The van der Waals surface area contributed by atoms with Gasteiger partial charge in [-0.1, -0.05) is 13.0 Å². The van der Waals surface area contributed by atoms with Crippen molar-refractivity contribution in [3.05, 3.63) is 29.3 Å². The fourth-order valence-electron chi connectivity index (χ4n) is 1.64. The lowest BCUT2D eigenvalue weighted by molar-refractivity contribution is -0.120. The Kier molecular flexibility index (Phi) is 6.56. The third kappa shape index (κ3) is 5.73. The van der Waals surface area contributed by atoms with Crippen LogP contribution in [0.15, 0.2) is 23.2 Å². The Bertz CT molecular complexity index is 483. The lowest BCUT2D eigenvalue weighted by Gasteiger charge is -2.08. The van der Waals surface area contributed by atoms with Crippen molar-refractivity contribution >= 4 is 17.6 Å². The Morgan fingerprint density at radius 2 is 2.05 bits per heavy atom. The zero-order valence-corrected chi connectivity index (χ0v) is 12.5. The Morgan fingerprint density at radius 1 is 1.30 bits per heavy atom. The molecule has 1 aromatic rings. The summed E-state index contributed by atoms with van der Waals surface area (Å²) in [5.74, 6) is 0.339. The first-order valence-electron chi connectivity index (χ1n) is 6.93. The average molecular weight is 276 g/mol. The van der Waals surface area contributed by atoms with Gasteiger partial charge < -0.3 is 16.4 Å². The molecule has 0 saturated heterocycles. The topological polar surface area (TPSA) is 79.5 Å². The number of amides is 1. The van der Waals surface area contributed by atoms with Crippen LogP contribution in [-0.4, -0.2) is 25.0 Å². The molecule has 0 radical (unpaired) electrons. The zero-order chi connectivity index (χ0) is 15.0. The van der Waals surface area contributed by atoms with Crippen LogP contribution in [0.5, 0.6) is 0 Å². The number of anilines is 1. The number of carbonyl (C=O) groups is 1. The van der Waals surface area contributed by atoms with E-state index in [0.29, 0.717) is 25.5 Å². The molecule has 5 nitrogen and oxygen atoms in total. The van der Waals surface area contributed by atoms with E-state index in [-0.39, 0.29) is 5.91 Å². The summed E-state index contributed by atoms with van der Waals surface area (Å²) in [6, 6.07) is 6.01. The molecular formula is C15H24N4O. The number of aryl methyl sites for hydroxylation is 2. The normalized spacial score (nSPS) is 11.2. The second-order valence-electron chi connectivity index (χ2n) is 4.79. The first-order chi connectivity index (χ1) is 9.52. The van der Waals surface area contributed by atoms with Gasteiger partial charge in [-0.05, 0) is 43.5 Å². The number of hydrogen-bond donors (Lipinski definition) is 3. The van der Waals surface area contributed by atoms with Gasteiger partial charge in [-0.15, -0.1) is 0 Å². The van der Waals surface area contributed by atoms with Crippen molar-refractivity contribution in [2.24, 2.45) is 10.7 Å². The number of nitrogens with zero attached hydrogens (tertiary/aromatic N) is 1. The standard InChI is InChI=1S/C15H24N4O/c1-4-8-17-14(20)7-9-18-15(16)19-13-6-5-11(2)12(3)10-13/h5-6,10H,4,7-9H2,1-3H3,(H,17,20)(H3,16,18,19). The first-order valence-corrected chi connectivity index (χ1v) is 6.93. The molecule has 0 bridgehead atoms. The first kappa shape index (κ1) is 16.0. The fourth-order valence-corrected chi connectivity index (χ4v) is 1.64. The van der Waals surface area contributed by atoms with Gasteiger partial charge in [0.05, 0.1) is 6.54 Å². The van der Waals surface area contributed by atoms with Crippen LogP contribution in [0.25, 0.3) is 0 Å². The molecular weight excluding hydrogens is 252 g/mol. The second-order valence-corrected chi connectivity index (χ2v) is 4.79. The third-order valence-electron chi connectivity index (χ3n) is 2.97. The summed E-state index contributed by atoms with van der Waals surface area (Å²) in [5, 5.41) is 5.82. The Labute approximate surface area is 120 Å². The van der Waals surface area contributed by atoms with Gasteiger partial charge in [-0.3, -0.25) is 9.79 Å². The lowest BCUT2D eigenvalue weighted by atomic mass is 10.1. The molecule has 0 unspecified atom stereocenters. The van der Waals surface area contributed by atoms with E-state index in [1.54, 1.807) is 0 Å². The van der Waals surface area contributed by atoms with Crippen LogP contribution < -0.4 is 16.4 Å². The fraction of sp³-hybridized carbons (Fsp3) is 0.467. The molecule has 0 aromatic heterocycles. The van der Waals surface area contributed by atoms with Gasteiger partial charge in [0.2, 0.25) is 5.91 Å². The predicted octanol–water partition coefficient (Wildman–Crippen LogP) is 1.95. The van der Waals surface area contributed by atoms with E-state index in [4.69, 9.17) is 5.73 Å². The predicted molar refractivity (Wildman–Crippen MR) is 83.9 cm³/mol. The minimum atomic E-state index is 0.00887. The van der Waals surface area contributed by atoms with Crippen molar-refractivity contribution < 1.29 is 4.79 Å². The van der Waals surface area contributed by atoms with Crippen molar-refractivity contribution in [1.82, 2.24) is 5.32 Å². The van der Waals surface area contributed by atoms with Gasteiger partial charge in [0.15, 0.2) is 5.96 Å². The highest BCUT2D eigenvalue weighted by molar-refractivity contribution is 5.92. The quantitative estimate of drug-likeness (QED) is 0.549. The van der Waals surface area contributed by atoms with Crippen LogP contribution in [-0.2, 0) is 4.79 Å². The number of carbonyl (C=O) groups excluding carboxylic acids is 1. The number of benzene rings is 1. The summed E-state index contributed by atoms with van der Waals surface area (Å²) in [4.78, 5) is 15.5. The van der Waals surface area contributed by atoms with E-state index in [1.165, 1.54) is 11.1 Å². The highest BCUT2D eigenvalue weighted by Crippen LogP contribution is 2.13. The summed E-state index contributed by atoms with van der Waals surface area (Å²) in [5.41, 5.74) is 9.13. The van der Waals surface area contributed by atoms with E-state index in [0.717, 1.165) is 12.1 Å². The smallest absolute Gasteiger partial charge is 0.221 e. The Balaban J connectivity index is 2.41. The largest absolute Gasteiger partial charge is 0.370 e. The van der Waals surface area contributed by atoms with Crippen molar-refractivity contribution in [2.75, 3.05) is 18.4 Å². The molecule has 4 N–H and O–H groups in total. The molecule has 0 aliphatic rings. The molecule has 5 heteroatoms. The van der Waals surface area contributed by atoms with E-state index < -0.39 is 0 Å². The second kappa shape index (κ2) is 8.19. The molecule has 1 rings (SSSR count). The summed E-state index contributed by atoms with van der Waals surface area (Å²) in [6.45, 7) is 7.22. The lowest BCUT2D eigenvalue weighted by Crippen LogP contribution is -2.26. The molecule has 1 aromatic carbocycles. The maximum atomic E-state index is 11.4. The van der Waals surface area contributed by atoms with Gasteiger partial charge in [-0.2, -0.15) is 0 Å². The number of nitrogens with two attached hydrogens (primary N) is 1. The number of hydrogen-bond acceptors (Lipinski definition) is 2. The highest BCUT2D eigenvalue weighted by Gasteiger charge is 2.00. The molecule has 0 heterocycles. The molecule has 0 aliphatic carbocycles. The van der Waals surface area contributed by atoms with Crippen molar-refractivity contribution in [1.29, 1.82) is 0 Å². The summed E-state index contributed by atoms with van der Waals surface area (Å²) < 4.78 is 0. The Morgan fingerprint density at radius 3 is 2.70 bits per heavy atom. The molecule has 20 heavy (non-hydrogen) atoms. The minimum absolute atomic E-state index is 0.00887. The van der Waals surface area contributed by atoms with Crippen molar-refractivity contribution in [3.8, 4) is 0 Å². The van der Waals surface area contributed by atoms with E-state index >= 15 is 0 Å². The minimum Gasteiger partial charge on any atom is -0.370 e. The molecule has 1 amide bonds. The zero-order valence-electron chi connectivity index (χ0n) is 12.5. The SMILES string of the molecule is CCCNC(=O)CCN=C(N)Nc1ccc(C)c(C)c1. The van der Waals surface area contributed by atoms with Crippen LogP contribution in [0.3, 0.4) is 0 Å². The van der Waals surface area contributed by atoms with Gasteiger partial charge in [0, 0.05) is 18.7 Å². The van der Waals surface area contributed by atoms with Gasteiger partial charge >= 0.3 is 0 Å². The molecule has 0 saturated carbocycles. The van der Waals surface area contributed by atoms with Crippen molar-refractivity contribution in [2.45, 2.75) is 33.6 Å². The molecule has 0 atom stereocenters. The van der Waals surface area contributed by atoms with Crippen LogP contribution in [0, 0.1) is 13.8 Å². The summed E-state index contributed by atoms with van der Waals surface area (Å²) in [7, 11) is 0. The molecule has 110 valence electrons. The molecule has 0 spiro atoms. The molecule has 0 aliphatic heterocycles. The maximum Gasteiger partial charge on any atom is 0.221 e.